The Balaban J connectivity index is 2.39. The first kappa shape index (κ1) is 18.2. The van der Waals surface area contributed by atoms with Crippen LogP contribution in [0.2, 0.25) is 0 Å². The summed E-state index contributed by atoms with van der Waals surface area (Å²) in [5.74, 6) is -1.32. The van der Waals surface area contributed by atoms with E-state index in [1.807, 2.05) is 13.8 Å². The summed E-state index contributed by atoms with van der Waals surface area (Å²) in [7, 11) is 2.91. The van der Waals surface area contributed by atoms with Crippen molar-refractivity contribution in [1.82, 2.24) is 0 Å². The summed E-state index contributed by atoms with van der Waals surface area (Å²) in [6.07, 6.45) is 0.749. The predicted molar refractivity (Wildman–Crippen MR) is 89.9 cm³/mol. The second-order valence-electron chi connectivity index (χ2n) is 5.44. The van der Waals surface area contributed by atoms with Crippen LogP contribution in [0.1, 0.15) is 34.1 Å². The summed E-state index contributed by atoms with van der Waals surface area (Å²) in [5.41, 5.74) is 1.26. The van der Waals surface area contributed by atoms with Crippen LogP contribution >= 0.6 is 22.0 Å². The van der Waals surface area contributed by atoms with Crippen LogP contribution in [0.4, 0.5) is 5.00 Å². The SMILES string of the molecule is CCc1c(C)sc(N2CC(CS(=O)(=O)Cl)CC2=O)c1C(=O)OC. The first-order valence-corrected chi connectivity index (χ1v) is 10.4. The second kappa shape index (κ2) is 6.78. The van der Waals surface area contributed by atoms with E-state index in [4.69, 9.17) is 15.4 Å². The number of halogens is 1. The first-order valence-electron chi connectivity index (χ1n) is 7.11. The minimum atomic E-state index is -3.67. The van der Waals surface area contributed by atoms with Gasteiger partial charge in [0.25, 0.3) is 0 Å². The van der Waals surface area contributed by atoms with Crippen LogP contribution in [-0.2, 0) is 25.0 Å². The molecule has 0 spiro atoms. The third-order valence-electron chi connectivity index (χ3n) is 3.82. The van der Waals surface area contributed by atoms with Crippen molar-refractivity contribution >= 4 is 47.9 Å². The lowest BCUT2D eigenvalue weighted by Crippen LogP contribution is -2.26. The molecule has 23 heavy (non-hydrogen) atoms. The third kappa shape index (κ3) is 3.87. The number of rotatable bonds is 5. The normalized spacial score (nSPS) is 18.5. The molecule has 1 aromatic heterocycles. The second-order valence-corrected chi connectivity index (χ2v) is 9.47. The lowest BCUT2D eigenvalue weighted by molar-refractivity contribution is -0.117. The van der Waals surface area contributed by atoms with Crippen molar-refractivity contribution in [2.45, 2.75) is 26.7 Å². The molecule has 128 valence electrons. The zero-order valence-electron chi connectivity index (χ0n) is 13.1. The molecule has 0 saturated carbocycles. The zero-order chi connectivity index (χ0) is 17.4. The largest absolute Gasteiger partial charge is 0.465 e. The van der Waals surface area contributed by atoms with E-state index < -0.39 is 15.0 Å². The monoisotopic (exact) mass is 379 g/mol. The van der Waals surface area contributed by atoms with Gasteiger partial charge in [-0.3, -0.25) is 4.79 Å². The van der Waals surface area contributed by atoms with E-state index in [1.54, 1.807) is 0 Å². The van der Waals surface area contributed by atoms with Gasteiger partial charge < -0.3 is 9.64 Å². The summed E-state index contributed by atoms with van der Waals surface area (Å²) in [5, 5.41) is 0.533. The molecule has 1 amide bonds. The van der Waals surface area contributed by atoms with Crippen LogP contribution in [0.15, 0.2) is 0 Å². The number of amides is 1. The maximum absolute atomic E-state index is 12.3. The molecular weight excluding hydrogens is 362 g/mol. The molecule has 2 rings (SSSR count). The van der Waals surface area contributed by atoms with Gasteiger partial charge in [-0.25, -0.2) is 13.2 Å². The molecule has 1 aliphatic rings. The van der Waals surface area contributed by atoms with Crippen LogP contribution in [0, 0.1) is 12.8 Å². The fourth-order valence-corrected chi connectivity index (χ4v) is 5.44. The summed E-state index contributed by atoms with van der Waals surface area (Å²) in [6.45, 7) is 4.05. The molecule has 0 N–H and O–H groups in total. The number of thiophene rings is 1. The Morgan fingerprint density at radius 3 is 2.65 bits per heavy atom. The third-order valence-corrected chi connectivity index (χ3v) is 6.24. The van der Waals surface area contributed by atoms with Crippen molar-refractivity contribution in [3.63, 3.8) is 0 Å². The standard InChI is InChI=1S/C14H18ClNO5S2/c1-4-10-8(2)22-13(12(10)14(18)21-3)16-6-9(5-11(16)17)7-23(15,19)20/h9H,4-7H2,1-3H3. The highest BCUT2D eigenvalue weighted by Crippen LogP contribution is 2.39. The Kier molecular flexibility index (Phi) is 5.37. The molecule has 2 heterocycles. The van der Waals surface area contributed by atoms with E-state index in [-0.39, 0.29) is 30.5 Å². The van der Waals surface area contributed by atoms with Gasteiger partial charge >= 0.3 is 5.97 Å². The number of carbonyl (C=O) groups is 2. The lowest BCUT2D eigenvalue weighted by Gasteiger charge is -2.16. The molecule has 1 atom stereocenters. The number of aryl methyl sites for hydroxylation is 1. The average molecular weight is 380 g/mol. The van der Waals surface area contributed by atoms with Gasteiger partial charge in [0.15, 0.2) is 0 Å². The summed E-state index contributed by atoms with van der Waals surface area (Å²) < 4.78 is 27.3. The maximum Gasteiger partial charge on any atom is 0.341 e. The Morgan fingerprint density at radius 2 is 2.13 bits per heavy atom. The summed E-state index contributed by atoms with van der Waals surface area (Å²) in [6, 6.07) is 0. The van der Waals surface area contributed by atoms with Crippen LogP contribution in [-0.4, -0.2) is 39.7 Å². The van der Waals surface area contributed by atoms with E-state index >= 15 is 0 Å². The number of nitrogens with zero attached hydrogens (tertiary/aromatic N) is 1. The average Bonchev–Trinajstić information content (AvgIpc) is 2.95. The number of esters is 1. The van der Waals surface area contributed by atoms with Crippen molar-refractivity contribution in [3.05, 3.63) is 16.0 Å². The molecule has 0 aromatic carbocycles. The maximum atomic E-state index is 12.3. The zero-order valence-corrected chi connectivity index (χ0v) is 15.5. The Labute approximate surface area is 143 Å². The fourth-order valence-electron chi connectivity index (χ4n) is 2.86. The van der Waals surface area contributed by atoms with Gasteiger partial charge in [-0.1, -0.05) is 6.92 Å². The molecule has 1 aliphatic heterocycles. The van der Waals surface area contributed by atoms with E-state index in [0.29, 0.717) is 17.0 Å². The number of carbonyl (C=O) groups excluding carboxylic acids is 2. The van der Waals surface area contributed by atoms with E-state index in [9.17, 15) is 18.0 Å². The highest BCUT2D eigenvalue weighted by atomic mass is 35.7. The molecule has 1 unspecified atom stereocenters. The summed E-state index contributed by atoms with van der Waals surface area (Å²) in [4.78, 5) is 26.8. The van der Waals surface area contributed by atoms with Crippen LogP contribution in [0.3, 0.4) is 0 Å². The number of anilines is 1. The fraction of sp³-hybridized carbons (Fsp3) is 0.571. The highest BCUT2D eigenvalue weighted by Gasteiger charge is 2.37. The molecule has 0 aliphatic carbocycles. The van der Waals surface area contributed by atoms with Crippen molar-refractivity contribution in [3.8, 4) is 0 Å². The molecule has 1 saturated heterocycles. The predicted octanol–water partition coefficient (Wildman–Crippen LogP) is 2.33. The number of hydrogen-bond acceptors (Lipinski definition) is 6. The topological polar surface area (TPSA) is 80.8 Å². The highest BCUT2D eigenvalue weighted by molar-refractivity contribution is 8.13. The van der Waals surface area contributed by atoms with Crippen molar-refractivity contribution < 1.29 is 22.7 Å². The van der Waals surface area contributed by atoms with E-state index in [2.05, 4.69) is 0 Å². The Morgan fingerprint density at radius 1 is 1.48 bits per heavy atom. The molecule has 9 heteroatoms. The smallest absolute Gasteiger partial charge is 0.341 e. The molecule has 1 aromatic rings. The van der Waals surface area contributed by atoms with Gasteiger partial charge in [0.2, 0.25) is 15.0 Å². The molecule has 0 bridgehead atoms. The van der Waals surface area contributed by atoms with Crippen LogP contribution in [0.5, 0.6) is 0 Å². The van der Waals surface area contributed by atoms with Gasteiger partial charge in [0.1, 0.15) is 5.00 Å². The van der Waals surface area contributed by atoms with Gasteiger partial charge in [0.05, 0.1) is 18.4 Å². The molecular formula is C14H18ClNO5S2. The number of hydrogen-bond donors (Lipinski definition) is 0. The van der Waals surface area contributed by atoms with Gasteiger partial charge in [-0.2, -0.15) is 0 Å². The van der Waals surface area contributed by atoms with Crippen molar-refractivity contribution in [2.24, 2.45) is 5.92 Å². The number of methoxy groups -OCH3 is 1. The molecule has 6 nitrogen and oxygen atoms in total. The Bertz CT molecular complexity index is 741. The lowest BCUT2D eigenvalue weighted by atomic mass is 10.1. The van der Waals surface area contributed by atoms with Gasteiger partial charge in [-0.05, 0) is 18.9 Å². The summed E-state index contributed by atoms with van der Waals surface area (Å²) >= 11 is 1.35. The van der Waals surface area contributed by atoms with Crippen LogP contribution in [0.25, 0.3) is 0 Å². The van der Waals surface area contributed by atoms with Crippen LogP contribution < -0.4 is 4.90 Å². The number of ether oxygens (including phenoxy) is 1. The van der Waals surface area contributed by atoms with E-state index in [1.165, 1.54) is 23.3 Å². The van der Waals surface area contributed by atoms with Gasteiger partial charge in [0, 0.05) is 34.4 Å². The quantitative estimate of drug-likeness (QED) is 0.579. The van der Waals surface area contributed by atoms with Crippen molar-refractivity contribution in [2.75, 3.05) is 24.3 Å². The Hall–Kier alpha value is -1.12. The minimum absolute atomic E-state index is 0.102. The molecule has 0 radical (unpaired) electrons. The van der Waals surface area contributed by atoms with E-state index in [0.717, 1.165) is 10.4 Å². The molecule has 1 fully saturated rings. The first-order chi connectivity index (χ1) is 10.7. The van der Waals surface area contributed by atoms with Crippen molar-refractivity contribution in [1.29, 1.82) is 0 Å². The minimum Gasteiger partial charge on any atom is -0.465 e. The van der Waals surface area contributed by atoms with Gasteiger partial charge in [-0.15, -0.1) is 11.3 Å².